The molecule has 0 radical (unpaired) electrons. The molecule has 0 spiro atoms. The molecule has 2 aliphatic rings. The SMILES string of the molecule is COc1cc(CN(C[C@H]2CC[C@H](C(=O)O)CC2)C(C)c2ccc(Cl)c(Cl)c2)ccc1OCCN1C(=O)CCC1=O. The van der Waals surface area contributed by atoms with Crippen LogP contribution in [0.5, 0.6) is 11.5 Å². The van der Waals surface area contributed by atoms with Gasteiger partial charge in [0.15, 0.2) is 11.5 Å². The molecular formula is C30H36Cl2N2O6. The Morgan fingerprint density at radius 1 is 1.02 bits per heavy atom. The van der Waals surface area contributed by atoms with Crippen LogP contribution in [0.3, 0.4) is 0 Å². The van der Waals surface area contributed by atoms with E-state index in [0.717, 1.165) is 30.5 Å². The molecule has 4 rings (SSSR count). The van der Waals surface area contributed by atoms with Gasteiger partial charge in [0.25, 0.3) is 0 Å². The van der Waals surface area contributed by atoms with E-state index >= 15 is 0 Å². The first kappa shape index (κ1) is 30.2. The number of carboxylic acids is 1. The highest BCUT2D eigenvalue weighted by Crippen LogP contribution is 2.35. The Balaban J connectivity index is 1.47. The number of ether oxygens (including phenoxy) is 2. The zero-order valence-corrected chi connectivity index (χ0v) is 24.4. The molecule has 0 bridgehead atoms. The van der Waals surface area contributed by atoms with Gasteiger partial charge >= 0.3 is 5.97 Å². The maximum Gasteiger partial charge on any atom is 0.306 e. The number of aliphatic carboxylic acids is 1. The van der Waals surface area contributed by atoms with Crippen molar-refractivity contribution in [2.24, 2.45) is 11.8 Å². The molecule has 2 fully saturated rings. The number of carbonyl (C=O) groups is 3. The third-order valence-corrected chi connectivity index (χ3v) is 8.74. The van der Waals surface area contributed by atoms with E-state index in [2.05, 4.69) is 11.8 Å². The molecule has 0 aromatic heterocycles. The number of benzene rings is 2. The molecule has 1 saturated carbocycles. The fraction of sp³-hybridized carbons (Fsp3) is 0.500. The third-order valence-electron chi connectivity index (χ3n) is 8.00. The molecule has 10 heteroatoms. The van der Waals surface area contributed by atoms with Gasteiger partial charge in [-0.3, -0.25) is 24.2 Å². The Morgan fingerprint density at radius 3 is 2.35 bits per heavy atom. The van der Waals surface area contributed by atoms with Crippen molar-refractivity contribution in [1.29, 1.82) is 0 Å². The van der Waals surface area contributed by atoms with E-state index in [4.69, 9.17) is 32.7 Å². The predicted molar refractivity (Wildman–Crippen MR) is 153 cm³/mol. The quantitative estimate of drug-likeness (QED) is 0.303. The minimum atomic E-state index is -0.701. The number of nitrogens with zero attached hydrogens (tertiary/aromatic N) is 2. The number of carbonyl (C=O) groups excluding carboxylic acids is 2. The molecule has 2 aromatic carbocycles. The highest BCUT2D eigenvalue weighted by Gasteiger charge is 2.30. The van der Waals surface area contributed by atoms with Crippen LogP contribution < -0.4 is 9.47 Å². The fourth-order valence-corrected chi connectivity index (χ4v) is 5.86. The Kier molecular flexibility index (Phi) is 10.3. The molecule has 1 atom stereocenters. The number of amides is 2. The fourth-order valence-electron chi connectivity index (χ4n) is 5.55. The van der Waals surface area contributed by atoms with Crippen LogP contribution in [-0.4, -0.2) is 59.5 Å². The monoisotopic (exact) mass is 590 g/mol. The molecule has 1 unspecified atom stereocenters. The van der Waals surface area contributed by atoms with Gasteiger partial charge in [-0.05, 0) is 73.9 Å². The lowest BCUT2D eigenvalue weighted by molar-refractivity contribution is -0.143. The van der Waals surface area contributed by atoms with Gasteiger partial charge in [-0.25, -0.2) is 0 Å². The van der Waals surface area contributed by atoms with Gasteiger partial charge in [0, 0.05) is 32.0 Å². The first-order valence-corrected chi connectivity index (χ1v) is 14.5. The van der Waals surface area contributed by atoms with E-state index in [-0.39, 0.29) is 49.8 Å². The van der Waals surface area contributed by atoms with Crippen LogP contribution in [0.15, 0.2) is 36.4 Å². The van der Waals surface area contributed by atoms with Crippen molar-refractivity contribution in [3.05, 3.63) is 57.6 Å². The number of methoxy groups -OCH3 is 1. The summed E-state index contributed by atoms with van der Waals surface area (Å²) < 4.78 is 11.5. The highest BCUT2D eigenvalue weighted by molar-refractivity contribution is 6.42. The molecule has 1 N–H and O–H groups in total. The molecule has 216 valence electrons. The van der Waals surface area contributed by atoms with E-state index in [1.165, 1.54) is 4.90 Å². The van der Waals surface area contributed by atoms with Crippen LogP contribution in [-0.2, 0) is 20.9 Å². The Morgan fingerprint density at radius 2 is 1.73 bits per heavy atom. The Bertz CT molecular complexity index is 1210. The predicted octanol–water partition coefficient (Wildman–Crippen LogP) is 5.98. The summed E-state index contributed by atoms with van der Waals surface area (Å²) in [7, 11) is 1.58. The lowest BCUT2D eigenvalue weighted by Gasteiger charge is -2.35. The normalized spacial score (nSPS) is 20.2. The maximum atomic E-state index is 11.9. The smallest absolute Gasteiger partial charge is 0.306 e. The highest BCUT2D eigenvalue weighted by atomic mass is 35.5. The summed E-state index contributed by atoms with van der Waals surface area (Å²) in [6, 6.07) is 11.5. The number of hydrogen-bond acceptors (Lipinski definition) is 6. The lowest BCUT2D eigenvalue weighted by atomic mass is 9.81. The van der Waals surface area contributed by atoms with Crippen LogP contribution in [0.1, 0.15) is 62.6 Å². The number of imide groups is 1. The number of carboxylic acid groups (broad SMARTS) is 1. The van der Waals surface area contributed by atoms with E-state index in [0.29, 0.717) is 46.8 Å². The van der Waals surface area contributed by atoms with E-state index < -0.39 is 5.97 Å². The van der Waals surface area contributed by atoms with Crippen molar-refractivity contribution >= 4 is 41.0 Å². The summed E-state index contributed by atoms with van der Waals surface area (Å²) in [6.07, 6.45) is 3.66. The van der Waals surface area contributed by atoms with E-state index in [1.54, 1.807) is 7.11 Å². The van der Waals surface area contributed by atoms with Gasteiger partial charge in [-0.1, -0.05) is 35.3 Å². The topological polar surface area (TPSA) is 96.4 Å². The molecule has 40 heavy (non-hydrogen) atoms. The second kappa shape index (κ2) is 13.7. The summed E-state index contributed by atoms with van der Waals surface area (Å²) >= 11 is 12.5. The van der Waals surface area contributed by atoms with Crippen LogP contribution in [0.4, 0.5) is 0 Å². The zero-order valence-electron chi connectivity index (χ0n) is 22.9. The molecule has 1 saturated heterocycles. The van der Waals surface area contributed by atoms with E-state index in [1.807, 2.05) is 36.4 Å². The summed E-state index contributed by atoms with van der Waals surface area (Å²) in [5.74, 6) is 0.221. The van der Waals surface area contributed by atoms with Gasteiger partial charge in [0.1, 0.15) is 6.61 Å². The minimum absolute atomic E-state index is 0.0319. The molecule has 1 heterocycles. The second-order valence-electron chi connectivity index (χ2n) is 10.6. The van der Waals surface area contributed by atoms with Crippen molar-refractivity contribution in [2.75, 3.05) is 26.8 Å². The van der Waals surface area contributed by atoms with Crippen molar-refractivity contribution in [3.8, 4) is 11.5 Å². The average molecular weight is 592 g/mol. The third kappa shape index (κ3) is 7.47. The van der Waals surface area contributed by atoms with Gasteiger partial charge in [-0.15, -0.1) is 0 Å². The molecule has 1 aliphatic carbocycles. The Labute approximate surface area is 245 Å². The summed E-state index contributed by atoms with van der Waals surface area (Å²) in [5, 5.41) is 10.4. The van der Waals surface area contributed by atoms with Crippen molar-refractivity contribution in [3.63, 3.8) is 0 Å². The summed E-state index contributed by atoms with van der Waals surface area (Å²) in [4.78, 5) is 38.8. The van der Waals surface area contributed by atoms with Gasteiger partial charge < -0.3 is 14.6 Å². The first-order chi connectivity index (χ1) is 19.2. The molecule has 8 nitrogen and oxygen atoms in total. The average Bonchev–Trinajstić information content (AvgIpc) is 3.27. The summed E-state index contributed by atoms with van der Waals surface area (Å²) in [5.41, 5.74) is 2.08. The van der Waals surface area contributed by atoms with Gasteiger partial charge in [0.05, 0.1) is 29.6 Å². The standard InChI is InChI=1S/C30H36Cl2N2O6/c1-19(23-8-9-24(31)25(32)16-23)33(17-20-3-6-22(7-4-20)30(37)38)18-21-5-10-26(27(15-21)39-2)40-14-13-34-28(35)11-12-29(34)36/h5,8-10,15-16,19-20,22H,3-4,6-7,11-14,17-18H2,1-2H3,(H,37,38)/t19?,20-,22-. The van der Waals surface area contributed by atoms with Gasteiger partial charge in [-0.2, -0.15) is 0 Å². The van der Waals surface area contributed by atoms with Crippen molar-refractivity contribution in [1.82, 2.24) is 9.80 Å². The lowest BCUT2D eigenvalue weighted by Crippen LogP contribution is -2.34. The van der Waals surface area contributed by atoms with Crippen LogP contribution in [0.2, 0.25) is 10.0 Å². The molecule has 1 aliphatic heterocycles. The maximum absolute atomic E-state index is 11.9. The number of hydrogen-bond donors (Lipinski definition) is 1. The van der Waals surface area contributed by atoms with Crippen LogP contribution >= 0.6 is 23.2 Å². The van der Waals surface area contributed by atoms with E-state index in [9.17, 15) is 19.5 Å². The van der Waals surface area contributed by atoms with Crippen molar-refractivity contribution < 1.29 is 29.0 Å². The molecule has 2 amide bonds. The zero-order chi connectivity index (χ0) is 28.8. The second-order valence-corrected chi connectivity index (χ2v) is 11.4. The largest absolute Gasteiger partial charge is 0.493 e. The van der Waals surface area contributed by atoms with Crippen LogP contribution in [0.25, 0.3) is 0 Å². The summed E-state index contributed by atoms with van der Waals surface area (Å²) in [6.45, 7) is 3.98. The minimum Gasteiger partial charge on any atom is -0.493 e. The van der Waals surface area contributed by atoms with Crippen LogP contribution in [0, 0.1) is 11.8 Å². The van der Waals surface area contributed by atoms with Crippen molar-refractivity contribution in [2.45, 2.75) is 58.0 Å². The number of likely N-dealkylation sites (tertiary alicyclic amines) is 1. The molecule has 2 aromatic rings. The van der Waals surface area contributed by atoms with Gasteiger partial charge in [0.2, 0.25) is 11.8 Å². The Hall–Kier alpha value is -2.81. The molecular weight excluding hydrogens is 555 g/mol. The number of rotatable bonds is 12. The number of halogens is 2. The first-order valence-electron chi connectivity index (χ1n) is 13.7.